The van der Waals surface area contributed by atoms with Crippen LogP contribution < -0.4 is 10.6 Å². The van der Waals surface area contributed by atoms with Gasteiger partial charge < -0.3 is 10.6 Å². The zero-order valence-electron chi connectivity index (χ0n) is 11.6. The van der Waals surface area contributed by atoms with Gasteiger partial charge >= 0.3 is 0 Å². The van der Waals surface area contributed by atoms with E-state index < -0.39 is 0 Å². The maximum atomic E-state index is 4.29. The Morgan fingerprint density at radius 3 is 2.79 bits per heavy atom. The van der Waals surface area contributed by atoms with Crippen molar-refractivity contribution in [3.63, 3.8) is 0 Å². The molecule has 0 spiro atoms. The molecule has 100 valence electrons. The molecule has 19 heavy (non-hydrogen) atoms. The fraction of sp³-hybridized carbons (Fsp3) is 0.312. The van der Waals surface area contributed by atoms with E-state index in [0.29, 0.717) is 0 Å². The van der Waals surface area contributed by atoms with Crippen LogP contribution in [-0.4, -0.2) is 11.5 Å². The number of pyridine rings is 1. The lowest BCUT2D eigenvalue weighted by Crippen LogP contribution is -2.04. The van der Waals surface area contributed by atoms with Gasteiger partial charge in [-0.3, -0.25) is 0 Å². The third kappa shape index (κ3) is 4.28. The second-order valence-corrected chi connectivity index (χ2v) is 4.70. The largest absolute Gasteiger partial charge is 0.381 e. The van der Waals surface area contributed by atoms with Gasteiger partial charge in [0.25, 0.3) is 0 Å². The lowest BCUT2D eigenvalue weighted by Gasteiger charge is -2.09. The van der Waals surface area contributed by atoms with Gasteiger partial charge in [0.15, 0.2) is 0 Å². The molecule has 2 N–H and O–H groups in total. The summed E-state index contributed by atoms with van der Waals surface area (Å²) < 4.78 is 0. The molecular weight excluding hydrogens is 234 g/mol. The minimum Gasteiger partial charge on any atom is -0.381 e. The molecule has 0 radical (unpaired) electrons. The lowest BCUT2D eigenvalue weighted by atomic mass is 10.1. The molecule has 0 aliphatic rings. The zero-order valence-corrected chi connectivity index (χ0v) is 11.6. The summed E-state index contributed by atoms with van der Waals surface area (Å²) in [5.74, 6) is 0.927. The van der Waals surface area contributed by atoms with Crippen LogP contribution in [0.4, 0.5) is 11.5 Å². The molecule has 0 aliphatic heterocycles. The van der Waals surface area contributed by atoms with E-state index in [4.69, 9.17) is 0 Å². The number of benzene rings is 1. The topological polar surface area (TPSA) is 37.0 Å². The van der Waals surface area contributed by atoms with E-state index in [-0.39, 0.29) is 0 Å². The summed E-state index contributed by atoms with van der Waals surface area (Å²) in [6, 6.07) is 12.6. The molecule has 0 unspecified atom stereocenters. The van der Waals surface area contributed by atoms with Gasteiger partial charge in [-0.05, 0) is 25.0 Å². The molecular formula is C16H21N3. The van der Waals surface area contributed by atoms with Gasteiger partial charge in [0, 0.05) is 31.0 Å². The van der Waals surface area contributed by atoms with Gasteiger partial charge in [0.2, 0.25) is 0 Å². The molecule has 0 bridgehead atoms. The summed E-state index contributed by atoms with van der Waals surface area (Å²) >= 11 is 0. The Hall–Kier alpha value is -2.03. The minimum atomic E-state index is 0.832. The van der Waals surface area contributed by atoms with Crippen molar-refractivity contribution in [3.8, 4) is 0 Å². The van der Waals surface area contributed by atoms with E-state index in [9.17, 15) is 0 Å². The Morgan fingerprint density at radius 2 is 2.00 bits per heavy atom. The molecule has 3 heteroatoms. The Kier molecular flexibility index (Phi) is 4.78. The van der Waals surface area contributed by atoms with Gasteiger partial charge in [-0.1, -0.05) is 36.8 Å². The third-order valence-corrected chi connectivity index (χ3v) is 2.90. The predicted octanol–water partition coefficient (Wildman–Crippen LogP) is 3.82. The van der Waals surface area contributed by atoms with Crippen LogP contribution in [0, 0.1) is 6.92 Å². The van der Waals surface area contributed by atoms with E-state index in [1.807, 2.05) is 18.3 Å². The highest BCUT2D eigenvalue weighted by molar-refractivity contribution is 5.52. The van der Waals surface area contributed by atoms with Gasteiger partial charge in [-0.2, -0.15) is 0 Å². The first-order chi connectivity index (χ1) is 9.28. The summed E-state index contributed by atoms with van der Waals surface area (Å²) in [6.45, 7) is 6.04. The Labute approximate surface area is 115 Å². The van der Waals surface area contributed by atoms with E-state index in [1.165, 1.54) is 11.1 Å². The monoisotopic (exact) mass is 255 g/mol. The molecule has 1 heterocycles. The highest BCUT2D eigenvalue weighted by Crippen LogP contribution is 2.13. The summed E-state index contributed by atoms with van der Waals surface area (Å²) in [5.41, 5.74) is 3.68. The second kappa shape index (κ2) is 6.78. The summed E-state index contributed by atoms with van der Waals surface area (Å²) in [7, 11) is 0. The van der Waals surface area contributed by atoms with E-state index >= 15 is 0 Å². The smallest absolute Gasteiger partial charge is 0.127 e. The SMILES string of the molecule is CCCNc1cc(NCc2cccc(C)c2)ccn1. The third-order valence-electron chi connectivity index (χ3n) is 2.90. The molecule has 3 nitrogen and oxygen atoms in total. The zero-order chi connectivity index (χ0) is 13.5. The van der Waals surface area contributed by atoms with E-state index in [2.05, 4.69) is 53.7 Å². The average molecular weight is 255 g/mol. The number of aromatic nitrogens is 1. The second-order valence-electron chi connectivity index (χ2n) is 4.70. The van der Waals surface area contributed by atoms with Crippen LogP contribution in [0.25, 0.3) is 0 Å². The molecule has 2 aromatic rings. The number of aryl methyl sites for hydroxylation is 1. The van der Waals surface area contributed by atoms with Crippen molar-refractivity contribution < 1.29 is 0 Å². The van der Waals surface area contributed by atoms with Crippen LogP contribution in [0.15, 0.2) is 42.6 Å². The van der Waals surface area contributed by atoms with Crippen molar-refractivity contribution in [1.29, 1.82) is 0 Å². The van der Waals surface area contributed by atoms with Crippen molar-refractivity contribution in [1.82, 2.24) is 4.98 Å². The predicted molar refractivity (Wildman–Crippen MR) is 81.5 cm³/mol. The number of hydrogen-bond acceptors (Lipinski definition) is 3. The Morgan fingerprint density at radius 1 is 1.11 bits per heavy atom. The number of nitrogens with one attached hydrogen (secondary N) is 2. The van der Waals surface area contributed by atoms with Crippen molar-refractivity contribution in [3.05, 3.63) is 53.7 Å². The number of rotatable bonds is 6. The van der Waals surface area contributed by atoms with Crippen molar-refractivity contribution >= 4 is 11.5 Å². The van der Waals surface area contributed by atoms with Crippen LogP contribution >= 0.6 is 0 Å². The first-order valence-corrected chi connectivity index (χ1v) is 6.77. The molecule has 0 saturated carbocycles. The molecule has 0 aliphatic carbocycles. The Balaban J connectivity index is 1.95. The molecule has 0 amide bonds. The van der Waals surface area contributed by atoms with Crippen molar-refractivity contribution in [2.45, 2.75) is 26.8 Å². The quantitative estimate of drug-likeness (QED) is 0.824. The van der Waals surface area contributed by atoms with Gasteiger partial charge in [0.1, 0.15) is 5.82 Å². The molecule has 0 atom stereocenters. The maximum absolute atomic E-state index is 4.29. The first kappa shape index (κ1) is 13.4. The molecule has 1 aromatic carbocycles. The number of anilines is 2. The minimum absolute atomic E-state index is 0.832. The molecule has 1 aromatic heterocycles. The van der Waals surface area contributed by atoms with Crippen LogP contribution in [0.1, 0.15) is 24.5 Å². The average Bonchev–Trinajstić information content (AvgIpc) is 2.43. The van der Waals surface area contributed by atoms with Crippen molar-refractivity contribution in [2.75, 3.05) is 17.2 Å². The normalized spacial score (nSPS) is 10.2. The fourth-order valence-electron chi connectivity index (χ4n) is 1.92. The van der Waals surface area contributed by atoms with E-state index in [0.717, 1.165) is 31.0 Å². The standard InChI is InChI=1S/C16H21N3/c1-3-8-17-16-11-15(7-9-18-16)19-12-14-6-4-5-13(2)10-14/h4-7,9-11H,3,8,12H2,1-2H3,(H2,17,18,19). The van der Waals surface area contributed by atoms with Gasteiger partial charge in [0.05, 0.1) is 0 Å². The highest BCUT2D eigenvalue weighted by Gasteiger charge is 1.97. The first-order valence-electron chi connectivity index (χ1n) is 6.77. The molecule has 2 rings (SSSR count). The van der Waals surface area contributed by atoms with Gasteiger partial charge in [-0.15, -0.1) is 0 Å². The van der Waals surface area contributed by atoms with Crippen LogP contribution in [0.3, 0.4) is 0 Å². The highest BCUT2D eigenvalue weighted by atomic mass is 15.0. The van der Waals surface area contributed by atoms with Crippen LogP contribution in [-0.2, 0) is 6.54 Å². The van der Waals surface area contributed by atoms with Crippen LogP contribution in [0.5, 0.6) is 0 Å². The summed E-state index contributed by atoms with van der Waals surface area (Å²) in [6.07, 6.45) is 2.93. The maximum Gasteiger partial charge on any atom is 0.127 e. The summed E-state index contributed by atoms with van der Waals surface area (Å²) in [5, 5.41) is 6.72. The van der Waals surface area contributed by atoms with E-state index in [1.54, 1.807) is 0 Å². The Bertz CT molecular complexity index is 523. The fourth-order valence-corrected chi connectivity index (χ4v) is 1.92. The summed E-state index contributed by atoms with van der Waals surface area (Å²) in [4.78, 5) is 4.29. The van der Waals surface area contributed by atoms with Gasteiger partial charge in [-0.25, -0.2) is 4.98 Å². The molecule has 0 fully saturated rings. The van der Waals surface area contributed by atoms with Crippen molar-refractivity contribution in [2.24, 2.45) is 0 Å². The lowest BCUT2D eigenvalue weighted by molar-refractivity contribution is 0.969. The van der Waals surface area contributed by atoms with Crippen LogP contribution in [0.2, 0.25) is 0 Å². The number of nitrogens with zero attached hydrogens (tertiary/aromatic N) is 1. The molecule has 0 saturated heterocycles. The number of hydrogen-bond donors (Lipinski definition) is 2.